The molecule has 2 amide bonds. The number of hydrogen-bond acceptors (Lipinski definition) is 3. The van der Waals surface area contributed by atoms with Gasteiger partial charge >= 0.3 is 0 Å². The van der Waals surface area contributed by atoms with Gasteiger partial charge in [-0.1, -0.05) is 40.9 Å². The zero-order valence-corrected chi connectivity index (χ0v) is 17.4. The van der Waals surface area contributed by atoms with E-state index in [-0.39, 0.29) is 11.6 Å². The number of amides is 2. The molecule has 1 heterocycles. The number of anilines is 1. The van der Waals surface area contributed by atoms with Crippen molar-refractivity contribution < 1.29 is 9.59 Å². The van der Waals surface area contributed by atoms with Gasteiger partial charge in [-0.2, -0.15) is 5.10 Å². The standard InChI is InChI=1S/C22H21BrN4O2/c23-16-5-3-15(4-6-16)22(12-1-2-13-22)21(29)25-17-7-9-18(10-8-17)27-14-11-19(26-27)20(24)28/h3-11,14H,1-2,12-13H2,(H2,24,28)(H,25,29). The van der Waals surface area contributed by atoms with Gasteiger partial charge in [0.15, 0.2) is 0 Å². The van der Waals surface area contributed by atoms with E-state index in [2.05, 4.69) is 26.3 Å². The van der Waals surface area contributed by atoms with Crippen LogP contribution in [-0.4, -0.2) is 21.6 Å². The van der Waals surface area contributed by atoms with Crippen molar-refractivity contribution in [2.24, 2.45) is 5.73 Å². The van der Waals surface area contributed by atoms with Crippen molar-refractivity contribution in [3.05, 3.63) is 76.5 Å². The highest BCUT2D eigenvalue weighted by Crippen LogP contribution is 2.42. The van der Waals surface area contributed by atoms with Gasteiger partial charge in [0.05, 0.1) is 11.1 Å². The summed E-state index contributed by atoms with van der Waals surface area (Å²) in [6.07, 6.45) is 5.46. The summed E-state index contributed by atoms with van der Waals surface area (Å²) in [4.78, 5) is 24.5. The summed E-state index contributed by atoms with van der Waals surface area (Å²) < 4.78 is 2.58. The largest absolute Gasteiger partial charge is 0.364 e. The molecule has 4 rings (SSSR count). The Labute approximate surface area is 177 Å². The SMILES string of the molecule is NC(=O)c1ccn(-c2ccc(NC(=O)C3(c4ccc(Br)cc4)CCCC3)cc2)n1. The van der Waals surface area contributed by atoms with Gasteiger partial charge in [-0.25, -0.2) is 4.68 Å². The van der Waals surface area contributed by atoms with Crippen molar-refractivity contribution in [1.29, 1.82) is 0 Å². The average Bonchev–Trinajstić information content (AvgIpc) is 3.40. The second kappa shape index (κ2) is 7.83. The molecule has 1 aliphatic rings. The highest BCUT2D eigenvalue weighted by Gasteiger charge is 2.42. The number of nitrogens with two attached hydrogens (primary N) is 1. The maximum Gasteiger partial charge on any atom is 0.269 e. The summed E-state index contributed by atoms with van der Waals surface area (Å²) >= 11 is 3.46. The summed E-state index contributed by atoms with van der Waals surface area (Å²) in [5, 5.41) is 7.23. The maximum atomic E-state index is 13.3. The topological polar surface area (TPSA) is 90.0 Å². The molecule has 0 unspecified atom stereocenters. The fourth-order valence-corrected chi connectivity index (χ4v) is 4.21. The Hall–Kier alpha value is -2.93. The van der Waals surface area contributed by atoms with Crippen LogP contribution < -0.4 is 11.1 Å². The third-order valence-electron chi connectivity index (χ3n) is 5.52. The Morgan fingerprint density at radius 2 is 1.66 bits per heavy atom. The molecule has 2 aromatic carbocycles. The number of aromatic nitrogens is 2. The predicted octanol–water partition coefficient (Wildman–Crippen LogP) is 4.18. The highest BCUT2D eigenvalue weighted by atomic mass is 79.9. The Kier molecular flexibility index (Phi) is 5.24. The number of nitrogens with zero attached hydrogens (tertiary/aromatic N) is 2. The molecule has 29 heavy (non-hydrogen) atoms. The van der Waals surface area contributed by atoms with E-state index in [0.29, 0.717) is 0 Å². The first-order valence-electron chi connectivity index (χ1n) is 9.51. The van der Waals surface area contributed by atoms with E-state index < -0.39 is 11.3 Å². The second-order valence-corrected chi connectivity index (χ2v) is 8.22. The van der Waals surface area contributed by atoms with Crippen LogP contribution in [0.2, 0.25) is 0 Å². The highest BCUT2D eigenvalue weighted by molar-refractivity contribution is 9.10. The number of halogens is 1. The lowest BCUT2D eigenvalue weighted by Gasteiger charge is -2.28. The van der Waals surface area contributed by atoms with E-state index in [1.165, 1.54) is 0 Å². The number of rotatable bonds is 5. The van der Waals surface area contributed by atoms with Gasteiger partial charge in [-0.05, 0) is 60.9 Å². The van der Waals surface area contributed by atoms with Crippen LogP contribution in [0.3, 0.4) is 0 Å². The Morgan fingerprint density at radius 1 is 1.00 bits per heavy atom. The maximum absolute atomic E-state index is 13.3. The number of nitrogens with one attached hydrogen (secondary N) is 1. The van der Waals surface area contributed by atoms with E-state index in [1.54, 1.807) is 16.9 Å². The first-order chi connectivity index (χ1) is 14.0. The minimum Gasteiger partial charge on any atom is -0.364 e. The van der Waals surface area contributed by atoms with E-state index in [9.17, 15) is 9.59 Å². The van der Waals surface area contributed by atoms with E-state index >= 15 is 0 Å². The molecule has 1 saturated carbocycles. The van der Waals surface area contributed by atoms with Crippen molar-refractivity contribution in [2.75, 3.05) is 5.32 Å². The van der Waals surface area contributed by atoms with Crippen molar-refractivity contribution in [2.45, 2.75) is 31.1 Å². The van der Waals surface area contributed by atoms with Gasteiger partial charge in [0.1, 0.15) is 5.69 Å². The molecule has 0 radical (unpaired) electrons. The number of hydrogen-bond donors (Lipinski definition) is 2. The number of benzene rings is 2. The second-order valence-electron chi connectivity index (χ2n) is 7.31. The Bertz CT molecular complexity index is 1040. The van der Waals surface area contributed by atoms with Gasteiger partial charge in [-0.3, -0.25) is 9.59 Å². The first-order valence-corrected chi connectivity index (χ1v) is 10.3. The summed E-state index contributed by atoms with van der Waals surface area (Å²) in [6.45, 7) is 0. The van der Waals surface area contributed by atoms with Crippen LogP contribution in [0.15, 0.2) is 65.3 Å². The fraction of sp³-hybridized carbons (Fsp3) is 0.227. The molecule has 1 aliphatic carbocycles. The zero-order valence-electron chi connectivity index (χ0n) is 15.8. The van der Waals surface area contributed by atoms with Crippen molar-refractivity contribution >= 4 is 33.4 Å². The first kappa shape index (κ1) is 19.4. The van der Waals surface area contributed by atoms with Crippen LogP contribution in [-0.2, 0) is 10.2 Å². The lowest BCUT2D eigenvalue weighted by atomic mass is 9.78. The van der Waals surface area contributed by atoms with E-state index in [1.807, 2.05) is 48.5 Å². The van der Waals surface area contributed by atoms with Gasteiger partial charge in [0.25, 0.3) is 5.91 Å². The molecule has 148 valence electrons. The van der Waals surface area contributed by atoms with E-state index in [4.69, 9.17) is 5.73 Å². The monoisotopic (exact) mass is 452 g/mol. The summed E-state index contributed by atoms with van der Waals surface area (Å²) in [5.41, 5.74) is 7.53. The third-order valence-corrected chi connectivity index (χ3v) is 6.05. The van der Waals surface area contributed by atoms with Crippen LogP contribution in [0, 0.1) is 0 Å². The normalized spacial score (nSPS) is 15.2. The molecule has 0 spiro atoms. The van der Waals surface area contributed by atoms with Crippen LogP contribution in [0.1, 0.15) is 41.7 Å². The zero-order chi connectivity index (χ0) is 20.4. The number of carbonyl (C=O) groups excluding carboxylic acids is 2. The summed E-state index contributed by atoms with van der Waals surface area (Å²) in [7, 11) is 0. The molecule has 0 bridgehead atoms. The van der Waals surface area contributed by atoms with Crippen molar-refractivity contribution in [3.8, 4) is 5.69 Å². The molecule has 0 atom stereocenters. The molecule has 3 N–H and O–H groups in total. The third kappa shape index (κ3) is 3.82. The summed E-state index contributed by atoms with van der Waals surface area (Å²) in [5.74, 6) is -0.539. The quantitative estimate of drug-likeness (QED) is 0.607. The Balaban J connectivity index is 1.54. The van der Waals surface area contributed by atoms with Crippen LogP contribution in [0.5, 0.6) is 0 Å². The van der Waals surface area contributed by atoms with E-state index in [0.717, 1.165) is 47.1 Å². The predicted molar refractivity (Wildman–Crippen MR) is 115 cm³/mol. The molecule has 1 aromatic heterocycles. The molecule has 7 heteroatoms. The molecular weight excluding hydrogens is 432 g/mol. The molecule has 3 aromatic rings. The number of primary amides is 1. The van der Waals surface area contributed by atoms with Crippen LogP contribution in [0.4, 0.5) is 5.69 Å². The van der Waals surface area contributed by atoms with Crippen molar-refractivity contribution in [3.63, 3.8) is 0 Å². The van der Waals surface area contributed by atoms with Gasteiger partial charge in [0.2, 0.25) is 5.91 Å². The fourth-order valence-electron chi connectivity index (χ4n) is 3.94. The smallest absolute Gasteiger partial charge is 0.269 e. The van der Waals surface area contributed by atoms with Crippen LogP contribution in [0.25, 0.3) is 5.69 Å². The molecule has 0 saturated heterocycles. The number of carbonyl (C=O) groups is 2. The Morgan fingerprint density at radius 3 is 2.24 bits per heavy atom. The lowest BCUT2D eigenvalue weighted by Crippen LogP contribution is -2.37. The molecular formula is C22H21BrN4O2. The van der Waals surface area contributed by atoms with Crippen LogP contribution >= 0.6 is 15.9 Å². The van der Waals surface area contributed by atoms with Gasteiger partial charge in [-0.15, -0.1) is 0 Å². The summed E-state index contributed by atoms with van der Waals surface area (Å²) in [6, 6.07) is 17.0. The van der Waals surface area contributed by atoms with Crippen molar-refractivity contribution in [1.82, 2.24) is 9.78 Å². The minimum atomic E-state index is -0.567. The molecule has 0 aliphatic heterocycles. The minimum absolute atomic E-state index is 0.0279. The lowest BCUT2D eigenvalue weighted by molar-refractivity contribution is -0.121. The average molecular weight is 453 g/mol. The molecule has 6 nitrogen and oxygen atoms in total. The molecule has 1 fully saturated rings. The van der Waals surface area contributed by atoms with Gasteiger partial charge in [0, 0.05) is 16.4 Å². The van der Waals surface area contributed by atoms with Gasteiger partial charge < -0.3 is 11.1 Å².